The summed E-state index contributed by atoms with van der Waals surface area (Å²) >= 11 is 0. The van der Waals surface area contributed by atoms with E-state index in [1.54, 1.807) is 7.11 Å². The first-order chi connectivity index (χ1) is 8.38. The van der Waals surface area contributed by atoms with E-state index >= 15 is 0 Å². The van der Waals surface area contributed by atoms with Crippen molar-refractivity contribution >= 4 is 12.3 Å². The van der Waals surface area contributed by atoms with Crippen molar-refractivity contribution in [2.45, 2.75) is 6.61 Å². The van der Waals surface area contributed by atoms with Gasteiger partial charge in [0.05, 0.1) is 6.61 Å². The molecular weight excluding hydrogens is 210 g/mol. The van der Waals surface area contributed by atoms with Crippen molar-refractivity contribution in [2.75, 3.05) is 7.11 Å². The van der Waals surface area contributed by atoms with E-state index in [4.69, 9.17) is 4.74 Å². The van der Waals surface area contributed by atoms with Crippen LogP contribution in [-0.4, -0.2) is 7.11 Å². The molecule has 0 atom stereocenters. The first-order valence-corrected chi connectivity index (χ1v) is 5.60. The number of pyridine rings is 1. The molecule has 2 nitrogen and oxygen atoms in total. The number of benzene rings is 1. The van der Waals surface area contributed by atoms with Gasteiger partial charge < -0.3 is 4.74 Å². The van der Waals surface area contributed by atoms with E-state index in [0.29, 0.717) is 6.61 Å². The molecular formula is C15H16NO+. The van der Waals surface area contributed by atoms with Crippen LogP contribution in [0.1, 0.15) is 11.1 Å². The normalized spacial score (nSPS) is 10.9. The van der Waals surface area contributed by atoms with E-state index in [-0.39, 0.29) is 0 Å². The summed E-state index contributed by atoms with van der Waals surface area (Å²) in [6.45, 7) is 0.664. The third-order valence-electron chi connectivity index (χ3n) is 2.47. The lowest BCUT2D eigenvalue weighted by Crippen LogP contribution is -2.23. The summed E-state index contributed by atoms with van der Waals surface area (Å²) in [4.78, 5) is 0. The van der Waals surface area contributed by atoms with Gasteiger partial charge in [-0.15, -0.1) is 0 Å². The van der Waals surface area contributed by atoms with Gasteiger partial charge in [0.15, 0.2) is 18.6 Å². The zero-order chi connectivity index (χ0) is 11.9. The number of hydrogen-bond acceptors (Lipinski definition) is 1. The minimum Gasteiger partial charge on any atom is -0.380 e. The summed E-state index contributed by atoms with van der Waals surface area (Å²) in [5.41, 5.74) is 2.37. The lowest BCUT2D eigenvalue weighted by molar-refractivity contribution is -0.567. The second-order valence-corrected chi connectivity index (χ2v) is 3.81. The van der Waals surface area contributed by atoms with E-state index in [2.05, 4.69) is 30.3 Å². The highest BCUT2D eigenvalue weighted by atomic mass is 16.5. The molecule has 2 aromatic rings. The minimum atomic E-state index is 0.664. The number of aromatic nitrogens is 1. The Morgan fingerprint density at radius 3 is 2.41 bits per heavy atom. The number of rotatable bonds is 4. The molecule has 0 aliphatic rings. The van der Waals surface area contributed by atoms with Crippen LogP contribution in [0.5, 0.6) is 0 Å². The standard InChI is InChI=1S/C15H16NO/c1-17-13-15-7-5-14(6-8-15)9-12-16-10-3-2-4-11-16/h2-12H,13H2,1H3/q+1. The molecule has 1 heterocycles. The zero-order valence-electron chi connectivity index (χ0n) is 9.91. The summed E-state index contributed by atoms with van der Waals surface area (Å²) in [6, 6.07) is 14.4. The molecule has 17 heavy (non-hydrogen) atoms. The highest BCUT2D eigenvalue weighted by Crippen LogP contribution is 2.06. The molecule has 0 saturated carbocycles. The lowest BCUT2D eigenvalue weighted by Gasteiger charge is -1.99. The average molecular weight is 226 g/mol. The van der Waals surface area contributed by atoms with Gasteiger partial charge in [0.25, 0.3) is 0 Å². The Hall–Kier alpha value is -1.93. The quantitative estimate of drug-likeness (QED) is 0.731. The molecule has 1 aromatic heterocycles. The van der Waals surface area contributed by atoms with Crippen molar-refractivity contribution < 1.29 is 9.30 Å². The minimum absolute atomic E-state index is 0.664. The van der Waals surface area contributed by atoms with E-state index in [0.717, 1.165) is 0 Å². The molecule has 0 saturated heterocycles. The fourth-order valence-corrected chi connectivity index (χ4v) is 1.58. The summed E-state index contributed by atoms with van der Waals surface area (Å²) < 4.78 is 7.09. The lowest BCUT2D eigenvalue weighted by atomic mass is 10.1. The van der Waals surface area contributed by atoms with Crippen LogP contribution >= 0.6 is 0 Å². The molecule has 0 unspecified atom stereocenters. The van der Waals surface area contributed by atoms with Crippen LogP contribution in [0, 0.1) is 0 Å². The fraction of sp³-hybridized carbons (Fsp3) is 0.133. The molecule has 2 rings (SSSR count). The molecule has 0 aliphatic carbocycles. The molecule has 0 spiro atoms. The third kappa shape index (κ3) is 3.54. The van der Waals surface area contributed by atoms with Gasteiger partial charge in [0.1, 0.15) is 0 Å². The summed E-state index contributed by atoms with van der Waals surface area (Å²) in [6.07, 6.45) is 8.13. The Bertz CT molecular complexity index is 474. The highest BCUT2D eigenvalue weighted by Gasteiger charge is 1.93. The van der Waals surface area contributed by atoms with E-state index < -0.39 is 0 Å². The van der Waals surface area contributed by atoms with Gasteiger partial charge in [-0.2, -0.15) is 4.57 Å². The third-order valence-corrected chi connectivity index (χ3v) is 2.47. The summed E-state index contributed by atoms with van der Waals surface area (Å²) in [5.74, 6) is 0. The molecule has 0 radical (unpaired) electrons. The van der Waals surface area contributed by atoms with Crippen molar-refractivity contribution in [1.82, 2.24) is 0 Å². The van der Waals surface area contributed by atoms with E-state index in [1.165, 1.54) is 11.1 Å². The van der Waals surface area contributed by atoms with Gasteiger partial charge in [-0.25, -0.2) is 0 Å². The zero-order valence-corrected chi connectivity index (χ0v) is 9.91. The Kier molecular flexibility index (Phi) is 4.05. The molecule has 0 aliphatic heterocycles. The van der Waals surface area contributed by atoms with Crippen LogP contribution in [0.15, 0.2) is 54.9 Å². The van der Waals surface area contributed by atoms with Crippen molar-refractivity contribution in [3.8, 4) is 0 Å². The van der Waals surface area contributed by atoms with Gasteiger partial charge in [-0.3, -0.25) is 0 Å². The largest absolute Gasteiger partial charge is 0.380 e. The Morgan fingerprint density at radius 2 is 1.76 bits per heavy atom. The van der Waals surface area contributed by atoms with Crippen molar-refractivity contribution in [3.63, 3.8) is 0 Å². The van der Waals surface area contributed by atoms with Crippen LogP contribution in [0.2, 0.25) is 0 Å². The second kappa shape index (κ2) is 5.97. The average Bonchev–Trinajstić information content (AvgIpc) is 2.40. The Labute approximate surface area is 102 Å². The number of ether oxygens (including phenoxy) is 1. The van der Waals surface area contributed by atoms with Gasteiger partial charge in [0.2, 0.25) is 0 Å². The van der Waals surface area contributed by atoms with Crippen molar-refractivity contribution in [1.29, 1.82) is 0 Å². The predicted octanol–water partition coefficient (Wildman–Crippen LogP) is 2.75. The number of nitrogens with zero attached hydrogens (tertiary/aromatic N) is 1. The van der Waals surface area contributed by atoms with Crippen molar-refractivity contribution in [2.24, 2.45) is 0 Å². The Balaban J connectivity index is 2.06. The van der Waals surface area contributed by atoms with Crippen LogP contribution in [0.3, 0.4) is 0 Å². The van der Waals surface area contributed by atoms with Gasteiger partial charge in [-0.05, 0) is 11.1 Å². The summed E-state index contributed by atoms with van der Waals surface area (Å²) in [5, 5.41) is 0. The van der Waals surface area contributed by atoms with Gasteiger partial charge in [-0.1, -0.05) is 30.3 Å². The number of hydrogen-bond donors (Lipinski definition) is 0. The Morgan fingerprint density at radius 1 is 1.06 bits per heavy atom. The van der Waals surface area contributed by atoms with E-state index in [1.807, 2.05) is 41.4 Å². The second-order valence-electron chi connectivity index (χ2n) is 3.81. The van der Waals surface area contributed by atoms with E-state index in [9.17, 15) is 0 Å². The maximum atomic E-state index is 5.07. The first kappa shape index (κ1) is 11.6. The molecule has 0 N–H and O–H groups in total. The maximum Gasteiger partial charge on any atom is 0.175 e. The fourth-order valence-electron chi connectivity index (χ4n) is 1.58. The van der Waals surface area contributed by atoms with Crippen LogP contribution < -0.4 is 4.57 Å². The molecule has 86 valence electrons. The monoisotopic (exact) mass is 226 g/mol. The molecule has 0 bridgehead atoms. The molecule has 0 fully saturated rings. The number of methoxy groups -OCH3 is 1. The summed E-state index contributed by atoms with van der Waals surface area (Å²) in [7, 11) is 1.71. The first-order valence-electron chi connectivity index (χ1n) is 5.60. The molecule has 2 heteroatoms. The SMILES string of the molecule is COCc1ccc(C=C[n+]2ccccc2)cc1. The van der Waals surface area contributed by atoms with Crippen molar-refractivity contribution in [3.05, 3.63) is 66.0 Å². The smallest absolute Gasteiger partial charge is 0.175 e. The molecule has 1 aromatic carbocycles. The van der Waals surface area contributed by atoms with Crippen LogP contribution in [-0.2, 0) is 11.3 Å². The molecule has 0 amide bonds. The highest BCUT2D eigenvalue weighted by molar-refractivity contribution is 5.56. The van der Waals surface area contributed by atoms with Crippen LogP contribution in [0.25, 0.3) is 12.3 Å². The maximum absolute atomic E-state index is 5.07. The van der Waals surface area contributed by atoms with Gasteiger partial charge >= 0.3 is 0 Å². The predicted molar refractivity (Wildman–Crippen MR) is 69.0 cm³/mol. The topological polar surface area (TPSA) is 13.1 Å². The van der Waals surface area contributed by atoms with Gasteiger partial charge in [0, 0.05) is 25.3 Å². The van der Waals surface area contributed by atoms with Crippen LogP contribution in [0.4, 0.5) is 0 Å².